The first kappa shape index (κ1) is 32.5. The summed E-state index contributed by atoms with van der Waals surface area (Å²) >= 11 is 18.6. The lowest BCUT2D eigenvalue weighted by atomic mass is 10.1. The Bertz CT molecular complexity index is 1340. The van der Waals surface area contributed by atoms with Crippen molar-refractivity contribution < 1.29 is 9.53 Å². The van der Waals surface area contributed by atoms with Crippen molar-refractivity contribution in [2.45, 2.75) is 46.2 Å². The summed E-state index contributed by atoms with van der Waals surface area (Å²) in [7, 11) is 1.61. The standard InChI is InChI=1S/C30H36Cl2N6O2S/c1-22(2)6-5-14-37(20-25-7-4-8-27(31)29(25)32)38(30(41)35-13-15-40-3)28(39)16-26-18-34-21-36(26)19-24-11-9-23(17-33)10-12-24/h4,7-12,18,21-22H,5-6,13-16,19-20H2,1-3H3,(H,35,41). The summed E-state index contributed by atoms with van der Waals surface area (Å²) in [6.07, 6.45) is 5.32. The zero-order valence-electron chi connectivity index (χ0n) is 23.6. The van der Waals surface area contributed by atoms with Crippen LogP contribution in [-0.4, -0.2) is 57.4 Å². The highest BCUT2D eigenvalue weighted by Crippen LogP contribution is 2.27. The average Bonchev–Trinajstić information content (AvgIpc) is 3.37. The van der Waals surface area contributed by atoms with Crippen LogP contribution in [0.3, 0.4) is 0 Å². The van der Waals surface area contributed by atoms with Gasteiger partial charge in [-0.2, -0.15) is 5.26 Å². The quantitative estimate of drug-likeness (QED) is 0.138. The second-order valence-corrected chi connectivity index (χ2v) is 11.2. The second-order valence-electron chi connectivity index (χ2n) is 10.1. The van der Waals surface area contributed by atoms with Gasteiger partial charge in [0.1, 0.15) is 0 Å². The predicted octanol–water partition coefficient (Wildman–Crippen LogP) is 5.86. The predicted molar refractivity (Wildman–Crippen MR) is 166 cm³/mol. The van der Waals surface area contributed by atoms with E-state index >= 15 is 0 Å². The number of imidazole rings is 1. The number of methoxy groups -OCH3 is 1. The molecule has 0 fully saturated rings. The Morgan fingerprint density at radius 2 is 1.98 bits per heavy atom. The number of nitriles is 1. The highest BCUT2D eigenvalue weighted by molar-refractivity contribution is 7.80. The minimum Gasteiger partial charge on any atom is -0.383 e. The summed E-state index contributed by atoms with van der Waals surface area (Å²) in [5, 5.41) is 16.9. The molecule has 2 aromatic carbocycles. The van der Waals surface area contributed by atoms with Gasteiger partial charge < -0.3 is 14.6 Å². The van der Waals surface area contributed by atoms with E-state index in [2.05, 4.69) is 30.2 Å². The van der Waals surface area contributed by atoms with Crippen molar-refractivity contribution >= 4 is 46.4 Å². The number of aromatic nitrogens is 2. The van der Waals surface area contributed by atoms with E-state index in [9.17, 15) is 4.79 Å². The molecule has 0 aliphatic heterocycles. The number of benzene rings is 2. The van der Waals surface area contributed by atoms with E-state index in [4.69, 9.17) is 45.4 Å². The summed E-state index contributed by atoms with van der Waals surface area (Å²) in [6.45, 7) is 6.69. The van der Waals surface area contributed by atoms with E-state index in [-0.39, 0.29) is 17.4 Å². The van der Waals surface area contributed by atoms with Gasteiger partial charge in [-0.1, -0.05) is 61.3 Å². The molecule has 0 aliphatic rings. The molecule has 41 heavy (non-hydrogen) atoms. The number of amides is 1. The highest BCUT2D eigenvalue weighted by atomic mass is 35.5. The van der Waals surface area contributed by atoms with Crippen LogP contribution >= 0.6 is 35.4 Å². The van der Waals surface area contributed by atoms with Gasteiger partial charge in [0.05, 0.1) is 41.0 Å². The molecule has 8 nitrogen and oxygen atoms in total. The fourth-order valence-corrected chi connectivity index (χ4v) is 4.98. The molecule has 0 saturated heterocycles. The smallest absolute Gasteiger partial charge is 0.249 e. The van der Waals surface area contributed by atoms with E-state index < -0.39 is 0 Å². The Labute approximate surface area is 257 Å². The molecule has 0 radical (unpaired) electrons. The molecule has 1 heterocycles. The van der Waals surface area contributed by atoms with Gasteiger partial charge in [-0.05, 0) is 60.3 Å². The monoisotopic (exact) mass is 614 g/mol. The summed E-state index contributed by atoms with van der Waals surface area (Å²) in [6, 6.07) is 15.0. The summed E-state index contributed by atoms with van der Waals surface area (Å²) in [4.78, 5) is 18.3. The van der Waals surface area contributed by atoms with Gasteiger partial charge in [-0.3, -0.25) is 4.79 Å². The lowest BCUT2D eigenvalue weighted by molar-refractivity contribution is -0.139. The number of hydrazine groups is 1. The molecule has 0 bridgehead atoms. The fraction of sp³-hybridized carbons (Fsp3) is 0.400. The number of halogens is 2. The molecule has 0 unspecified atom stereocenters. The molecular formula is C30H36Cl2N6O2S. The summed E-state index contributed by atoms with van der Waals surface area (Å²) < 4.78 is 7.11. The zero-order valence-corrected chi connectivity index (χ0v) is 26.0. The topological polar surface area (TPSA) is 86.4 Å². The van der Waals surface area contributed by atoms with Gasteiger partial charge >= 0.3 is 0 Å². The van der Waals surface area contributed by atoms with Crippen molar-refractivity contribution in [3.8, 4) is 6.07 Å². The molecule has 1 aromatic heterocycles. The molecule has 0 saturated carbocycles. The largest absolute Gasteiger partial charge is 0.383 e. The number of carbonyl (C=O) groups is 1. The first-order chi connectivity index (χ1) is 19.7. The number of rotatable bonds is 14. The number of hydrogen-bond donors (Lipinski definition) is 1. The normalized spacial score (nSPS) is 11.1. The molecule has 0 atom stereocenters. The number of carbonyl (C=O) groups excluding carboxylic acids is 1. The highest BCUT2D eigenvalue weighted by Gasteiger charge is 2.27. The van der Waals surface area contributed by atoms with Gasteiger partial charge in [-0.15, -0.1) is 0 Å². The molecule has 218 valence electrons. The van der Waals surface area contributed by atoms with E-state index in [1.807, 2.05) is 33.8 Å². The number of nitrogens with one attached hydrogen (secondary N) is 1. The van der Waals surface area contributed by atoms with E-state index in [0.717, 1.165) is 29.7 Å². The Morgan fingerprint density at radius 3 is 2.66 bits per heavy atom. The van der Waals surface area contributed by atoms with Gasteiger partial charge in [0, 0.05) is 45.2 Å². The van der Waals surface area contributed by atoms with Crippen LogP contribution in [0.5, 0.6) is 0 Å². The molecule has 1 amide bonds. The van der Waals surface area contributed by atoms with E-state index in [0.29, 0.717) is 54.3 Å². The van der Waals surface area contributed by atoms with Crippen LogP contribution in [0.4, 0.5) is 0 Å². The molecular weight excluding hydrogens is 579 g/mol. The molecule has 11 heteroatoms. The second kappa shape index (κ2) is 16.4. The maximum Gasteiger partial charge on any atom is 0.249 e. The Morgan fingerprint density at radius 1 is 1.22 bits per heavy atom. The lowest BCUT2D eigenvalue weighted by Crippen LogP contribution is -2.54. The first-order valence-corrected chi connectivity index (χ1v) is 14.6. The number of thiocarbonyl (C=S) groups is 1. The van der Waals surface area contributed by atoms with Crippen LogP contribution in [0.25, 0.3) is 0 Å². The third-order valence-electron chi connectivity index (χ3n) is 6.44. The maximum absolute atomic E-state index is 14.0. The van der Waals surface area contributed by atoms with Gasteiger partial charge in [-0.25, -0.2) is 15.0 Å². The van der Waals surface area contributed by atoms with Crippen molar-refractivity contribution in [3.63, 3.8) is 0 Å². The van der Waals surface area contributed by atoms with Crippen molar-refractivity contribution in [2.24, 2.45) is 5.92 Å². The van der Waals surface area contributed by atoms with Crippen molar-refractivity contribution in [1.29, 1.82) is 5.26 Å². The van der Waals surface area contributed by atoms with Gasteiger partial charge in [0.15, 0.2) is 5.11 Å². The molecule has 3 rings (SSSR count). The summed E-state index contributed by atoms with van der Waals surface area (Å²) in [5.74, 6) is 0.309. The number of hydrogen-bond acceptors (Lipinski definition) is 6. The SMILES string of the molecule is COCCNC(=S)N(C(=O)Cc1cncn1Cc1ccc(C#N)cc1)N(CCCC(C)C)Cc1cccc(Cl)c1Cl. The van der Waals surface area contributed by atoms with Crippen molar-refractivity contribution in [1.82, 2.24) is 24.9 Å². The van der Waals surface area contributed by atoms with Crippen LogP contribution in [0, 0.1) is 17.2 Å². The van der Waals surface area contributed by atoms with Crippen molar-refractivity contribution in [3.05, 3.63) is 87.4 Å². The third kappa shape index (κ3) is 9.80. The molecule has 1 N–H and O–H groups in total. The van der Waals surface area contributed by atoms with Crippen LogP contribution in [0.2, 0.25) is 10.0 Å². The Balaban J connectivity index is 1.89. The minimum atomic E-state index is -0.204. The Kier molecular flexibility index (Phi) is 13.0. The number of nitrogens with zero attached hydrogens (tertiary/aromatic N) is 5. The number of ether oxygens (including phenoxy) is 1. The van der Waals surface area contributed by atoms with E-state index in [1.165, 1.54) is 0 Å². The summed E-state index contributed by atoms with van der Waals surface area (Å²) in [5.41, 5.74) is 3.13. The van der Waals surface area contributed by atoms with Crippen LogP contribution < -0.4 is 5.32 Å². The van der Waals surface area contributed by atoms with Crippen LogP contribution in [-0.2, 0) is 29.0 Å². The average molecular weight is 616 g/mol. The maximum atomic E-state index is 14.0. The zero-order chi connectivity index (χ0) is 29.8. The minimum absolute atomic E-state index is 0.0757. The van der Waals surface area contributed by atoms with Crippen LogP contribution in [0.15, 0.2) is 55.0 Å². The van der Waals surface area contributed by atoms with Gasteiger partial charge in [0.2, 0.25) is 5.91 Å². The third-order valence-corrected chi connectivity index (χ3v) is 7.62. The van der Waals surface area contributed by atoms with E-state index in [1.54, 1.807) is 42.8 Å². The Hall–Kier alpha value is -3.00. The van der Waals surface area contributed by atoms with Crippen LogP contribution in [0.1, 0.15) is 49.1 Å². The fourth-order valence-electron chi connectivity index (χ4n) is 4.28. The van der Waals surface area contributed by atoms with Crippen molar-refractivity contribution in [2.75, 3.05) is 26.8 Å². The lowest BCUT2D eigenvalue weighted by Gasteiger charge is -2.36. The molecule has 3 aromatic rings. The molecule has 0 spiro atoms. The first-order valence-electron chi connectivity index (χ1n) is 13.5. The van der Waals surface area contributed by atoms with Gasteiger partial charge in [0.25, 0.3) is 0 Å². The molecule has 0 aliphatic carbocycles.